The van der Waals surface area contributed by atoms with Crippen LogP contribution in [0.5, 0.6) is 0 Å². The van der Waals surface area contributed by atoms with Gasteiger partial charge in [-0.15, -0.1) is 0 Å². The van der Waals surface area contributed by atoms with Crippen LogP contribution in [0.15, 0.2) is 0 Å². The first-order valence-corrected chi connectivity index (χ1v) is 5.89. The average Bonchev–Trinajstić information content (AvgIpc) is 2.24. The van der Waals surface area contributed by atoms with Crippen LogP contribution in [0.3, 0.4) is 0 Å². The molecular formula is C12H27NO2. The van der Waals surface area contributed by atoms with Crippen molar-refractivity contribution in [3.8, 4) is 0 Å². The summed E-state index contributed by atoms with van der Waals surface area (Å²) in [6.45, 7) is 11.9. The van der Waals surface area contributed by atoms with Gasteiger partial charge in [0.2, 0.25) is 0 Å². The number of aliphatic hydroxyl groups is 1. The molecule has 0 aliphatic carbocycles. The Balaban J connectivity index is 4.08. The fourth-order valence-electron chi connectivity index (χ4n) is 1.04. The van der Waals surface area contributed by atoms with Gasteiger partial charge < -0.3 is 15.2 Å². The Hall–Kier alpha value is -0.120. The summed E-state index contributed by atoms with van der Waals surface area (Å²) in [6.07, 6.45) is 2.04. The standard InChI is InChI=1S/C12H27NO2/c1-6-8-13-12(5,9-14)10-15-11(3,4)7-2/h13-14H,6-10H2,1-5H3. The summed E-state index contributed by atoms with van der Waals surface area (Å²) < 4.78 is 5.81. The number of nitrogens with one attached hydrogen (secondary N) is 1. The highest BCUT2D eigenvalue weighted by Gasteiger charge is 2.26. The van der Waals surface area contributed by atoms with Gasteiger partial charge >= 0.3 is 0 Å². The van der Waals surface area contributed by atoms with Gasteiger partial charge in [0.05, 0.1) is 24.4 Å². The summed E-state index contributed by atoms with van der Waals surface area (Å²) in [5, 5.41) is 12.7. The number of ether oxygens (including phenoxy) is 1. The van der Waals surface area contributed by atoms with Crippen LogP contribution in [0.2, 0.25) is 0 Å². The van der Waals surface area contributed by atoms with E-state index in [4.69, 9.17) is 4.74 Å². The second kappa shape index (κ2) is 6.46. The maximum atomic E-state index is 9.34. The largest absolute Gasteiger partial charge is 0.394 e. The van der Waals surface area contributed by atoms with Crippen molar-refractivity contribution < 1.29 is 9.84 Å². The van der Waals surface area contributed by atoms with Crippen LogP contribution in [-0.2, 0) is 4.74 Å². The second-order valence-electron chi connectivity index (χ2n) is 5.05. The summed E-state index contributed by atoms with van der Waals surface area (Å²) in [6, 6.07) is 0. The van der Waals surface area contributed by atoms with E-state index in [-0.39, 0.29) is 17.7 Å². The van der Waals surface area contributed by atoms with Gasteiger partial charge in [0.1, 0.15) is 0 Å². The van der Waals surface area contributed by atoms with Gasteiger partial charge in [-0.2, -0.15) is 0 Å². The van der Waals surface area contributed by atoms with Gasteiger partial charge in [0.25, 0.3) is 0 Å². The third-order valence-electron chi connectivity index (χ3n) is 2.78. The van der Waals surface area contributed by atoms with Crippen molar-refractivity contribution in [1.29, 1.82) is 0 Å². The molecule has 0 aliphatic rings. The molecule has 0 amide bonds. The summed E-state index contributed by atoms with van der Waals surface area (Å²) in [5.74, 6) is 0. The number of hydrogen-bond acceptors (Lipinski definition) is 3. The molecule has 0 aromatic carbocycles. The highest BCUT2D eigenvalue weighted by molar-refractivity contribution is 4.83. The zero-order chi connectivity index (χ0) is 11.9. The molecule has 0 heterocycles. The first kappa shape index (κ1) is 14.9. The third kappa shape index (κ3) is 6.13. The van der Waals surface area contributed by atoms with Gasteiger partial charge in [-0.05, 0) is 40.2 Å². The molecule has 15 heavy (non-hydrogen) atoms. The van der Waals surface area contributed by atoms with E-state index >= 15 is 0 Å². The molecule has 0 aromatic heterocycles. The van der Waals surface area contributed by atoms with Crippen molar-refractivity contribution in [3.05, 3.63) is 0 Å². The Kier molecular flexibility index (Phi) is 6.41. The number of rotatable bonds is 8. The normalized spacial score (nSPS) is 16.4. The Morgan fingerprint density at radius 3 is 2.20 bits per heavy atom. The molecule has 92 valence electrons. The number of aliphatic hydroxyl groups excluding tert-OH is 1. The van der Waals surface area contributed by atoms with Crippen LogP contribution in [0, 0.1) is 0 Å². The van der Waals surface area contributed by atoms with Crippen molar-refractivity contribution in [3.63, 3.8) is 0 Å². The SMILES string of the molecule is CCCNC(C)(CO)COC(C)(C)CC. The Morgan fingerprint density at radius 2 is 1.80 bits per heavy atom. The topological polar surface area (TPSA) is 41.5 Å². The van der Waals surface area contributed by atoms with E-state index in [1.54, 1.807) is 0 Å². The fourth-order valence-corrected chi connectivity index (χ4v) is 1.04. The minimum atomic E-state index is -0.317. The average molecular weight is 217 g/mol. The Morgan fingerprint density at radius 1 is 1.20 bits per heavy atom. The summed E-state index contributed by atoms with van der Waals surface area (Å²) in [5.41, 5.74) is -0.424. The van der Waals surface area contributed by atoms with E-state index in [9.17, 15) is 5.11 Å². The lowest BCUT2D eigenvalue weighted by atomic mass is 10.0. The molecular weight excluding hydrogens is 190 g/mol. The highest BCUT2D eigenvalue weighted by Crippen LogP contribution is 2.16. The highest BCUT2D eigenvalue weighted by atomic mass is 16.5. The quantitative estimate of drug-likeness (QED) is 0.653. The minimum Gasteiger partial charge on any atom is -0.394 e. The van der Waals surface area contributed by atoms with Gasteiger partial charge in [0.15, 0.2) is 0 Å². The van der Waals surface area contributed by atoms with E-state index < -0.39 is 0 Å². The molecule has 0 bridgehead atoms. The van der Waals surface area contributed by atoms with Crippen molar-refractivity contribution in [2.24, 2.45) is 0 Å². The molecule has 0 spiro atoms. The van der Waals surface area contributed by atoms with Crippen LogP contribution < -0.4 is 5.32 Å². The molecule has 0 radical (unpaired) electrons. The lowest BCUT2D eigenvalue weighted by Crippen LogP contribution is -2.51. The Labute approximate surface area is 94.2 Å². The van der Waals surface area contributed by atoms with Gasteiger partial charge in [-0.25, -0.2) is 0 Å². The van der Waals surface area contributed by atoms with Crippen LogP contribution in [0.4, 0.5) is 0 Å². The molecule has 1 atom stereocenters. The maximum absolute atomic E-state index is 9.34. The van der Waals surface area contributed by atoms with Crippen molar-refractivity contribution in [2.75, 3.05) is 19.8 Å². The van der Waals surface area contributed by atoms with E-state index in [1.165, 1.54) is 0 Å². The molecule has 0 fully saturated rings. The van der Waals surface area contributed by atoms with E-state index in [0.717, 1.165) is 19.4 Å². The molecule has 1 unspecified atom stereocenters. The lowest BCUT2D eigenvalue weighted by Gasteiger charge is -2.33. The van der Waals surface area contributed by atoms with Crippen molar-refractivity contribution in [1.82, 2.24) is 5.32 Å². The van der Waals surface area contributed by atoms with Crippen LogP contribution in [0.25, 0.3) is 0 Å². The van der Waals surface area contributed by atoms with Gasteiger partial charge in [-0.3, -0.25) is 0 Å². The predicted octanol–water partition coefficient (Wildman–Crippen LogP) is 1.94. The van der Waals surface area contributed by atoms with Gasteiger partial charge in [0, 0.05) is 0 Å². The first-order valence-electron chi connectivity index (χ1n) is 5.89. The fraction of sp³-hybridized carbons (Fsp3) is 1.00. The molecule has 0 aliphatic heterocycles. The molecule has 3 nitrogen and oxygen atoms in total. The lowest BCUT2D eigenvalue weighted by molar-refractivity contribution is -0.0572. The summed E-state index contributed by atoms with van der Waals surface area (Å²) in [7, 11) is 0. The van der Waals surface area contributed by atoms with Crippen molar-refractivity contribution in [2.45, 2.75) is 58.6 Å². The smallest absolute Gasteiger partial charge is 0.0675 e. The second-order valence-corrected chi connectivity index (χ2v) is 5.05. The number of hydrogen-bond donors (Lipinski definition) is 2. The third-order valence-corrected chi connectivity index (χ3v) is 2.78. The van der Waals surface area contributed by atoms with Crippen LogP contribution >= 0.6 is 0 Å². The summed E-state index contributed by atoms with van der Waals surface area (Å²) in [4.78, 5) is 0. The molecule has 0 rings (SSSR count). The zero-order valence-corrected chi connectivity index (χ0v) is 10.9. The first-order chi connectivity index (χ1) is 6.89. The molecule has 0 saturated carbocycles. The monoisotopic (exact) mass is 217 g/mol. The van der Waals surface area contributed by atoms with E-state index in [2.05, 4.69) is 33.0 Å². The van der Waals surface area contributed by atoms with Crippen LogP contribution in [0.1, 0.15) is 47.5 Å². The summed E-state index contributed by atoms with van der Waals surface area (Å²) >= 11 is 0. The molecule has 3 heteroatoms. The maximum Gasteiger partial charge on any atom is 0.0675 e. The van der Waals surface area contributed by atoms with E-state index in [0.29, 0.717) is 6.61 Å². The zero-order valence-electron chi connectivity index (χ0n) is 10.9. The van der Waals surface area contributed by atoms with Crippen molar-refractivity contribution >= 4 is 0 Å². The predicted molar refractivity (Wildman–Crippen MR) is 64.1 cm³/mol. The molecule has 0 aromatic rings. The van der Waals surface area contributed by atoms with E-state index in [1.807, 2.05) is 6.92 Å². The Bertz CT molecular complexity index is 171. The molecule has 2 N–H and O–H groups in total. The van der Waals surface area contributed by atoms with Crippen LogP contribution in [-0.4, -0.2) is 36.0 Å². The molecule has 0 saturated heterocycles. The van der Waals surface area contributed by atoms with Gasteiger partial charge in [-0.1, -0.05) is 13.8 Å². The minimum absolute atomic E-state index is 0.104.